The molecule has 3 heterocycles. The largest absolute Gasteiger partial charge is 0.367 e. The highest BCUT2D eigenvalue weighted by Crippen LogP contribution is 2.16. The summed E-state index contributed by atoms with van der Waals surface area (Å²) in [5, 5.41) is 19.2. The Morgan fingerprint density at radius 2 is 1.72 bits per heavy atom. The Hall–Kier alpha value is -4.07. The molecule has 0 aliphatic rings. The molecule has 0 saturated carbocycles. The van der Waals surface area contributed by atoms with Gasteiger partial charge in [0.25, 0.3) is 5.91 Å². The lowest BCUT2D eigenvalue weighted by molar-refractivity contribution is 0.0952. The number of benzene rings is 1. The Bertz CT molecular complexity index is 1100. The molecule has 4 aromatic rings. The van der Waals surface area contributed by atoms with Crippen molar-refractivity contribution >= 4 is 34.0 Å². The van der Waals surface area contributed by atoms with Crippen LogP contribution >= 0.6 is 0 Å². The molecule has 0 atom stereocenters. The zero-order valence-corrected chi connectivity index (χ0v) is 15.5. The average molecular weight is 385 g/mol. The van der Waals surface area contributed by atoms with Gasteiger partial charge in [0.15, 0.2) is 5.82 Å². The van der Waals surface area contributed by atoms with Gasteiger partial charge < -0.3 is 16.0 Å². The Morgan fingerprint density at radius 3 is 2.55 bits per heavy atom. The predicted molar refractivity (Wildman–Crippen MR) is 112 cm³/mol. The Morgan fingerprint density at radius 1 is 0.862 bits per heavy atom. The number of hydrogen-bond acceptors (Lipinski definition) is 7. The van der Waals surface area contributed by atoms with Crippen LogP contribution in [0.25, 0.3) is 10.8 Å². The molecule has 8 nitrogen and oxygen atoms in total. The van der Waals surface area contributed by atoms with E-state index in [2.05, 4.69) is 36.1 Å². The van der Waals surface area contributed by atoms with Crippen LogP contribution < -0.4 is 16.0 Å². The van der Waals surface area contributed by atoms with Crippen molar-refractivity contribution in [2.75, 3.05) is 23.7 Å². The maximum absolute atomic E-state index is 12.4. The summed E-state index contributed by atoms with van der Waals surface area (Å²) in [5.74, 6) is 1.05. The summed E-state index contributed by atoms with van der Waals surface area (Å²) in [6.45, 7) is 0.946. The van der Waals surface area contributed by atoms with E-state index in [4.69, 9.17) is 0 Å². The van der Waals surface area contributed by atoms with Gasteiger partial charge in [0.2, 0.25) is 0 Å². The first-order valence-corrected chi connectivity index (χ1v) is 9.16. The van der Waals surface area contributed by atoms with Crippen LogP contribution in [0.15, 0.2) is 73.2 Å². The van der Waals surface area contributed by atoms with Crippen molar-refractivity contribution in [2.45, 2.75) is 0 Å². The van der Waals surface area contributed by atoms with Crippen LogP contribution in [0.1, 0.15) is 10.5 Å². The number of fused-ring (bicyclic) bond motifs is 1. The average Bonchev–Trinajstić information content (AvgIpc) is 2.78. The van der Waals surface area contributed by atoms with Gasteiger partial charge >= 0.3 is 0 Å². The molecule has 0 unspecified atom stereocenters. The molecule has 4 rings (SSSR count). The molecule has 3 aromatic heterocycles. The van der Waals surface area contributed by atoms with Gasteiger partial charge in [-0.05, 0) is 35.7 Å². The van der Waals surface area contributed by atoms with E-state index in [1.165, 1.54) is 0 Å². The standard InChI is InChI=1S/C21H19N7O/c29-21(20-17-6-2-1-4-15(17)9-11-24-20)25-13-12-23-18-7-8-19(28-27-18)26-16-5-3-10-22-14-16/h1-11,14H,12-13H2,(H,23,27)(H,25,29)(H,26,28). The summed E-state index contributed by atoms with van der Waals surface area (Å²) in [5.41, 5.74) is 1.26. The monoisotopic (exact) mass is 385 g/mol. The number of amides is 1. The fourth-order valence-electron chi connectivity index (χ4n) is 2.83. The third-order valence-corrected chi connectivity index (χ3v) is 4.20. The highest BCUT2D eigenvalue weighted by molar-refractivity contribution is 6.05. The Balaban J connectivity index is 1.27. The van der Waals surface area contributed by atoms with E-state index in [1.807, 2.05) is 54.6 Å². The van der Waals surface area contributed by atoms with E-state index in [0.29, 0.717) is 30.4 Å². The molecule has 0 aliphatic carbocycles. The van der Waals surface area contributed by atoms with Gasteiger partial charge in [-0.3, -0.25) is 14.8 Å². The second kappa shape index (κ2) is 8.75. The van der Waals surface area contributed by atoms with Crippen LogP contribution in [0.2, 0.25) is 0 Å². The second-order valence-corrected chi connectivity index (χ2v) is 6.23. The molecule has 144 valence electrons. The van der Waals surface area contributed by atoms with Crippen molar-refractivity contribution in [2.24, 2.45) is 0 Å². The molecule has 0 spiro atoms. The molecule has 0 bridgehead atoms. The first-order valence-electron chi connectivity index (χ1n) is 9.16. The number of hydrogen-bond donors (Lipinski definition) is 3. The summed E-state index contributed by atoms with van der Waals surface area (Å²) >= 11 is 0. The molecule has 29 heavy (non-hydrogen) atoms. The van der Waals surface area contributed by atoms with Crippen LogP contribution in [-0.2, 0) is 0 Å². The van der Waals surface area contributed by atoms with Crippen LogP contribution in [0.4, 0.5) is 17.3 Å². The second-order valence-electron chi connectivity index (χ2n) is 6.23. The van der Waals surface area contributed by atoms with E-state index in [1.54, 1.807) is 18.6 Å². The topological polar surface area (TPSA) is 105 Å². The van der Waals surface area contributed by atoms with Gasteiger partial charge in [-0.25, -0.2) is 0 Å². The number of carbonyl (C=O) groups is 1. The number of pyridine rings is 2. The van der Waals surface area contributed by atoms with Crippen LogP contribution in [0.3, 0.4) is 0 Å². The quantitative estimate of drug-likeness (QED) is 0.420. The number of carbonyl (C=O) groups excluding carboxylic acids is 1. The summed E-state index contributed by atoms with van der Waals surface area (Å²) in [7, 11) is 0. The van der Waals surface area contributed by atoms with Crippen molar-refractivity contribution in [3.8, 4) is 0 Å². The molecule has 0 radical (unpaired) electrons. The lowest BCUT2D eigenvalue weighted by Gasteiger charge is -2.09. The summed E-state index contributed by atoms with van der Waals surface area (Å²) in [6.07, 6.45) is 5.06. The Kier molecular flexibility index (Phi) is 5.52. The van der Waals surface area contributed by atoms with Gasteiger partial charge in [0.05, 0.1) is 11.9 Å². The van der Waals surface area contributed by atoms with Crippen molar-refractivity contribution in [3.05, 3.63) is 78.9 Å². The number of nitrogens with zero attached hydrogens (tertiary/aromatic N) is 4. The highest BCUT2D eigenvalue weighted by Gasteiger charge is 2.10. The SMILES string of the molecule is O=C(NCCNc1ccc(Nc2cccnc2)nn1)c1nccc2ccccc12. The minimum atomic E-state index is -0.203. The lowest BCUT2D eigenvalue weighted by Crippen LogP contribution is -2.29. The molecule has 0 fully saturated rings. The molecule has 8 heteroatoms. The molecule has 0 saturated heterocycles. The molecule has 1 aromatic carbocycles. The van der Waals surface area contributed by atoms with Crippen molar-refractivity contribution in [3.63, 3.8) is 0 Å². The molecular weight excluding hydrogens is 366 g/mol. The van der Waals surface area contributed by atoms with E-state index >= 15 is 0 Å². The van der Waals surface area contributed by atoms with Gasteiger partial charge in [-0.1, -0.05) is 24.3 Å². The number of anilines is 3. The zero-order valence-electron chi connectivity index (χ0n) is 15.5. The summed E-state index contributed by atoms with van der Waals surface area (Å²) in [6, 6.07) is 17.0. The fraction of sp³-hybridized carbons (Fsp3) is 0.0952. The smallest absolute Gasteiger partial charge is 0.270 e. The fourth-order valence-corrected chi connectivity index (χ4v) is 2.83. The normalized spacial score (nSPS) is 10.5. The highest BCUT2D eigenvalue weighted by atomic mass is 16.1. The van der Waals surface area contributed by atoms with Crippen LogP contribution in [-0.4, -0.2) is 39.2 Å². The number of rotatable bonds is 7. The zero-order chi connectivity index (χ0) is 19.9. The third kappa shape index (κ3) is 4.62. The summed E-state index contributed by atoms with van der Waals surface area (Å²) < 4.78 is 0. The van der Waals surface area contributed by atoms with Gasteiger partial charge in [0.1, 0.15) is 11.5 Å². The Labute approximate surface area is 167 Å². The minimum Gasteiger partial charge on any atom is -0.367 e. The molecule has 0 aliphatic heterocycles. The minimum absolute atomic E-state index is 0.203. The number of nitrogens with one attached hydrogen (secondary N) is 3. The van der Waals surface area contributed by atoms with Crippen LogP contribution in [0.5, 0.6) is 0 Å². The van der Waals surface area contributed by atoms with Gasteiger partial charge in [0, 0.05) is 30.9 Å². The van der Waals surface area contributed by atoms with Gasteiger partial charge in [-0.15, -0.1) is 10.2 Å². The molecular formula is C21H19N7O. The molecule has 1 amide bonds. The van der Waals surface area contributed by atoms with Crippen molar-refractivity contribution in [1.29, 1.82) is 0 Å². The first kappa shape index (κ1) is 18.3. The van der Waals surface area contributed by atoms with Crippen LogP contribution in [0, 0.1) is 0 Å². The van der Waals surface area contributed by atoms with E-state index in [0.717, 1.165) is 16.5 Å². The molecule has 3 N–H and O–H groups in total. The maximum atomic E-state index is 12.4. The van der Waals surface area contributed by atoms with E-state index in [-0.39, 0.29) is 5.91 Å². The van der Waals surface area contributed by atoms with Gasteiger partial charge in [-0.2, -0.15) is 0 Å². The summed E-state index contributed by atoms with van der Waals surface area (Å²) in [4.78, 5) is 20.7. The van der Waals surface area contributed by atoms with Crippen molar-refractivity contribution < 1.29 is 4.79 Å². The van der Waals surface area contributed by atoms with E-state index in [9.17, 15) is 4.79 Å². The van der Waals surface area contributed by atoms with Crippen molar-refractivity contribution in [1.82, 2.24) is 25.5 Å². The first-order chi connectivity index (χ1) is 14.3. The van der Waals surface area contributed by atoms with E-state index < -0.39 is 0 Å². The number of aromatic nitrogens is 4. The lowest BCUT2D eigenvalue weighted by atomic mass is 10.1. The maximum Gasteiger partial charge on any atom is 0.270 e. The third-order valence-electron chi connectivity index (χ3n) is 4.20. The predicted octanol–water partition coefficient (Wildman–Crippen LogP) is 3.01.